The molecular formula is C14H11F3O2S. The normalized spacial score (nSPS) is 11.4. The summed E-state index contributed by atoms with van der Waals surface area (Å²) in [6, 6.07) is 6.62. The van der Waals surface area contributed by atoms with Crippen molar-refractivity contribution in [2.24, 2.45) is 0 Å². The number of ether oxygens (including phenoxy) is 1. The highest BCUT2D eigenvalue weighted by Gasteiger charge is 2.30. The standard InChI is InChI=1S/C14H11F3O2S/c1-8-7-11(20-12(8)13(18)19-2)9-3-5-10(6-4-9)14(15,16)17/h3-7H,1-2H3. The summed E-state index contributed by atoms with van der Waals surface area (Å²) in [4.78, 5) is 12.7. The van der Waals surface area contributed by atoms with Gasteiger partial charge in [-0.25, -0.2) is 4.79 Å². The maximum atomic E-state index is 12.5. The topological polar surface area (TPSA) is 26.3 Å². The van der Waals surface area contributed by atoms with Gasteiger partial charge in [-0.05, 0) is 36.2 Å². The summed E-state index contributed by atoms with van der Waals surface area (Å²) in [5.74, 6) is -0.439. The van der Waals surface area contributed by atoms with Crippen LogP contribution in [0.4, 0.5) is 13.2 Å². The number of alkyl halides is 3. The first-order valence-electron chi connectivity index (χ1n) is 5.69. The Morgan fingerprint density at radius 3 is 2.30 bits per heavy atom. The number of halogens is 3. The van der Waals surface area contributed by atoms with E-state index in [-0.39, 0.29) is 0 Å². The van der Waals surface area contributed by atoms with Crippen LogP contribution in [0.25, 0.3) is 10.4 Å². The van der Waals surface area contributed by atoms with Crippen molar-refractivity contribution in [3.05, 3.63) is 46.3 Å². The minimum absolute atomic E-state index is 0.439. The van der Waals surface area contributed by atoms with Gasteiger partial charge in [-0.2, -0.15) is 13.2 Å². The van der Waals surface area contributed by atoms with E-state index in [4.69, 9.17) is 0 Å². The first-order valence-corrected chi connectivity index (χ1v) is 6.51. The Hall–Kier alpha value is -1.82. The molecule has 0 bridgehead atoms. The molecule has 0 radical (unpaired) electrons. The van der Waals surface area contributed by atoms with E-state index in [1.807, 2.05) is 0 Å². The maximum Gasteiger partial charge on any atom is 0.416 e. The van der Waals surface area contributed by atoms with Crippen molar-refractivity contribution in [3.8, 4) is 10.4 Å². The molecule has 0 atom stereocenters. The van der Waals surface area contributed by atoms with Crippen LogP contribution in [0.3, 0.4) is 0 Å². The highest BCUT2D eigenvalue weighted by molar-refractivity contribution is 7.17. The molecule has 0 unspecified atom stereocenters. The first-order chi connectivity index (χ1) is 9.32. The van der Waals surface area contributed by atoms with Crippen LogP contribution in [-0.4, -0.2) is 13.1 Å². The van der Waals surface area contributed by atoms with E-state index >= 15 is 0 Å². The van der Waals surface area contributed by atoms with Gasteiger partial charge in [-0.3, -0.25) is 0 Å². The second kappa shape index (κ2) is 5.28. The number of carbonyl (C=O) groups excluding carboxylic acids is 1. The van der Waals surface area contributed by atoms with Gasteiger partial charge < -0.3 is 4.74 Å². The quantitative estimate of drug-likeness (QED) is 0.762. The van der Waals surface area contributed by atoms with Crippen molar-refractivity contribution in [2.45, 2.75) is 13.1 Å². The Morgan fingerprint density at radius 1 is 1.20 bits per heavy atom. The molecule has 1 heterocycles. The molecule has 20 heavy (non-hydrogen) atoms. The number of hydrogen-bond donors (Lipinski definition) is 0. The molecule has 0 amide bonds. The lowest BCUT2D eigenvalue weighted by Crippen LogP contribution is -2.03. The number of thiophene rings is 1. The fourth-order valence-electron chi connectivity index (χ4n) is 1.74. The summed E-state index contributed by atoms with van der Waals surface area (Å²) >= 11 is 1.20. The number of aryl methyl sites for hydroxylation is 1. The minimum atomic E-state index is -4.35. The molecule has 1 aromatic carbocycles. The molecule has 2 rings (SSSR count). The lowest BCUT2D eigenvalue weighted by atomic mass is 10.1. The predicted octanol–water partition coefficient (Wildman–Crippen LogP) is 4.53. The lowest BCUT2D eigenvalue weighted by molar-refractivity contribution is -0.137. The Balaban J connectivity index is 2.35. The Labute approximate surface area is 117 Å². The summed E-state index contributed by atoms with van der Waals surface area (Å²) in [5, 5.41) is 0. The van der Waals surface area contributed by atoms with Crippen LogP contribution >= 0.6 is 11.3 Å². The average Bonchev–Trinajstić information content (AvgIpc) is 2.79. The zero-order valence-electron chi connectivity index (χ0n) is 10.7. The summed E-state index contributed by atoms with van der Waals surface area (Å²) in [5.41, 5.74) is 0.695. The van der Waals surface area contributed by atoms with Gasteiger partial charge in [0, 0.05) is 4.88 Å². The van der Waals surface area contributed by atoms with Gasteiger partial charge in [0.1, 0.15) is 4.88 Å². The van der Waals surface area contributed by atoms with E-state index in [0.29, 0.717) is 10.4 Å². The predicted molar refractivity (Wildman–Crippen MR) is 70.8 cm³/mol. The van der Waals surface area contributed by atoms with E-state index < -0.39 is 17.7 Å². The second-order valence-electron chi connectivity index (χ2n) is 4.19. The van der Waals surface area contributed by atoms with Crippen LogP contribution in [0.1, 0.15) is 20.8 Å². The third-order valence-corrected chi connectivity index (χ3v) is 4.05. The molecule has 1 aromatic heterocycles. The number of rotatable bonds is 2. The summed E-state index contributed by atoms with van der Waals surface area (Å²) < 4.78 is 42.1. The number of methoxy groups -OCH3 is 1. The minimum Gasteiger partial charge on any atom is -0.465 e. The monoisotopic (exact) mass is 300 g/mol. The van der Waals surface area contributed by atoms with E-state index in [1.165, 1.54) is 30.6 Å². The SMILES string of the molecule is COC(=O)c1sc(-c2ccc(C(F)(F)F)cc2)cc1C. The van der Waals surface area contributed by atoms with E-state index in [0.717, 1.165) is 22.6 Å². The van der Waals surface area contributed by atoms with E-state index in [2.05, 4.69) is 4.74 Å². The number of carbonyl (C=O) groups is 1. The van der Waals surface area contributed by atoms with Crippen LogP contribution in [0.2, 0.25) is 0 Å². The fourth-order valence-corrected chi connectivity index (χ4v) is 2.84. The summed E-state index contributed by atoms with van der Waals surface area (Å²) in [6.07, 6.45) is -4.35. The molecule has 0 N–H and O–H groups in total. The van der Waals surface area contributed by atoms with Crippen LogP contribution in [0, 0.1) is 6.92 Å². The van der Waals surface area contributed by atoms with Gasteiger partial charge in [0.2, 0.25) is 0 Å². The molecule has 0 spiro atoms. The van der Waals surface area contributed by atoms with Gasteiger partial charge >= 0.3 is 12.1 Å². The molecule has 0 aliphatic heterocycles. The number of benzene rings is 1. The highest BCUT2D eigenvalue weighted by atomic mass is 32.1. The third kappa shape index (κ3) is 2.85. The average molecular weight is 300 g/mol. The van der Waals surface area contributed by atoms with Crippen molar-refractivity contribution in [1.29, 1.82) is 0 Å². The van der Waals surface area contributed by atoms with E-state index in [9.17, 15) is 18.0 Å². The molecular weight excluding hydrogens is 289 g/mol. The third-order valence-electron chi connectivity index (χ3n) is 2.79. The maximum absolute atomic E-state index is 12.5. The molecule has 0 aliphatic carbocycles. The van der Waals surface area contributed by atoms with Crippen LogP contribution in [0.5, 0.6) is 0 Å². The smallest absolute Gasteiger partial charge is 0.416 e. The molecule has 2 nitrogen and oxygen atoms in total. The molecule has 2 aromatic rings. The number of hydrogen-bond acceptors (Lipinski definition) is 3. The zero-order chi connectivity index (χ0) is 14.9. The van der Waals surface area contributed by atoms with Crippen molar-refractivity contribution >= 4 is 17.3 Å². The Morgan fingerprint density at radius 2 is 1.80 bits per heavy atom. The zero-order valence-corrected chi connectivity index (χ0v) is 11.6. The first kappa shape index (κ1) is 14.6. The molecule has 0 saturated heterocycles. The van der Waals surface area contributed by atoms with Crippen LogP contribution in [-0.2, 0) is 10.9 Å². The molecule has 6 heteroatoms. The van der Waals surface area contributed by atoms with Crippen LogP contribution in [0.15, 0.2) is 30.3 Å². The fraction of sp³-hybridized carbons (Fsp3) is 0.214. The van der Waals surface area contributed by atoms with Gasteiger partial charge in [-0.1, -0.05) is 12.1 Å². The van der Waals surface area contributed by atoms with Crippen molar-refractivity contribution in [3.63, 3.8) is 0 Å². The molecule has 106 valence electrons. The molecule has 0 fully saturated rings. The largest absolute Gasteiger partial charge is 0.465 e. The second-order valence-corrected chi connectivity index (χ2v) is 5.24. The highest BCUT2D eigenvalue weighted by Crippen LogP contribution is 2.34. The summed E-state index contributed by atoms with van der Waals surface area (Å²) in [6.45, 7) is 1.76. The molecule has 0 saturated carbocycles. The van der Waals surface area contributed by atoms with Gasteiger partial charge in [0.15, 0.2) is 0 Å². The lowest BCUT2D eigenvalue weighted by Gasteiger charge is -2.06. The van der Waals surface area contributed by atoms with Crippen molar-refractivity contribution in [2.75, 3.05) is 7.11 Å². The van der Waals surface area contributed by atoms with Gasteiger partial charge in [-0.15, -0.1) is 11.3 Å². The Bertz CT molecular complexity index is 627. The van der Waals surface area contributed by atoms with Gasteiger partial charge in [0.25, 0.3) is 0 Å². The van der Waals surface area contributed by atoms with E-state index in [1.54, 1.807) is 13.0 Å². The molecule has 0 aliphatic rings. The summed E-state index contributed by atoms with van der Waals surface area (Å²) in [7, 11) is 1.29. The van der Waals surface area contributed by atoms with Crippen LogP contribution < -0.4 is 0 Å². The van der Waals surface area contributed by atoms with Crippen molar-refractivity contribution < 1.29 is 22.7 Å². The van der Waals surface area contributed by atoms with Crippen molar-refractivity contribution in [1.82, 2.24) is 0 Å². The number of esters is 1. The van der Waals surface area contributed by atoms with Gasteiger partial charge in [0.05, 0.1) is 12.7 Å². The Kier molecular flexibility index (Phi) is 3.85.